The van der Waals surface area contributed by atoms with Crippen LogP contribution >= 0.6 is 7.92 Å². The lowest BCUT2D eigenvalue weighted by Gasteiger charge is -2.39. The fourth-order valence-corrected chi connectivity index (χ4v) is 9.15. The Morgan fingerprint density at radius 3 is 2.35 bits per heavy atom. The van der Waals surface area contributed by atoms with Crippen molar-refractivity contribution in [3.8, 4) is 17.2 Å². The highest BCUT2D eigenvalue weighted by molar-refractivity contribution is 7.64. The van der Waals surface area contributed by atoms with Gasteiger partial charge in [0.05, 0.1) is 18.5 Å². The lowest BCUT2D eigenvalue weighted by molar-refractivity contribution is -0.137. The number of nitrogens with one attached hydrogen (secondary N) is 2. The molecule has 4 aliphatic heterocycles. The van der Waals surface area contributed by atoms with Crippen molar-refractivity contribution in [1.29, 1.82) is 0 Å². The summed E-state index contributed by atoms with van der Waals surface area (Å²) in [6.45, 7) is 13.7. The molecule has 3 saturated heterocycles. The summed E-state index contributed by atoms with van der Waals surface area (Å²) in [7, 11) is 3.05. The van der Waals surface area contributed by atoms with Gasteiger partial charge >= 0.3 is 6.18 Å². The summed E-state index contributed by atoms with van der Waals surface area (Å²) in [5.41, 5.74) is 2.21. The van der Waals surface area contributed by atoms with Gasteiger partial charge in [-0.15, -0.1) is 0 Å². The zero-order valence-electron chi connectivity index (χ0n) is 28.7. The van der Waals surface area contributed by atoms with Gasteiger partial charge in [-0.1, -0.05) is 7.92 Å². The first-order chi connectivity index (χ1) is 23.5. The molecule has 4 aliphatic rings. The minimum Gasteiger partial charge on any atom is -0.494 e. The predicted molar refractivity (Wildman–Crippen MR) is 188 cm³/mol. The Labute approximate surface area is 287 Å². The average Bonchev–Trinajstić information content (AvgIpc) is 3.62. The summed E-state index contributed by atoms with van der Waals surface area (Å²) >= 11 is 0. The number of ether oxygens (including phenoxy) is 3. The number of hydrogen-bond acceptors (Lipinski definition) is 10. The standard InChI is InChI=1S/C35H45F3N7O3P/c1-21-14-27(30(46-3)15-28(21)44-10-8-24(9-11-44)45-19-22-17-43(2)18-23(22)20-45)41-34-39-16-25(35(36,37)38)33(42-34)40-26-6-7-29-31(32(26)49(4)5)48-13-12-47-29/h6-7,14-16,22-24H,8-13,17-20H2,1-5H3,(H2,39,40,41,42)/t22-,23+. The molecule has 0 aliphatic carbocycles. The lowest BCUT2D eigenvalue weighted by Crippen LogP contribution is -2.45. The second-order valence-corrected chi connectivity index (χ2v) is 16.1. The molecule has 7 rings (SSSR count). The molecule has 5 heterocycles. The summed E-state index contributed by atoms with van der Waals surface area (Å²) in [6.07, 6.45) is -1.63. The van der Waals surface area contributed by atoms with Crippen molar-refractivity contribution in [3.05, 3.63) is 41.6 Å². The van der Waals surface area contributed by atoms with Crippen LogP contribution in [0.15, 0.2) is 30.5 Å². The Morgan fingerprint density at radius 2 is 1.67 bits per heavy atom. The summed E-state index contributed by atoms with van der Waals surface area (Å²) < 4.78 is 60.0. The number of alkyl halides is 3. The first kappa shape index (κ1) is 33.9. The highest BCUT2D eigenvalue weighted by Gasteiger charge is 2.41. The maximum absolute atomic E-state index is 14.2. The number of fused-ring (bicyclic) bond motifs is 2. The van der Waals surface area contributed by atoms with Crippen molar-refractivity contribution in [1.82, 2.24) is 19.8 Å². The van der Waals surface area contributed by atoms with Crippen LogP contribution in [0.3, 0.4) is 0 Å². The maximum Gasteiger partial charge on any atom is 0.421 e. The Balaban J connectivity index is 1.09. The van der Waals surface area contributed by atoms with E-state index in [4.69, 9.17) is 14.2 Å². The van der Waals surface area contributed by atoms with Crippen LogP contribution < -0.4 is 35.0 Å². The van der Waals surface area contributed by atoms with Crippen LogP contribution in [-0.2, 0) is 6.18 Å². The largest absolute Gasteiger partial charge is 0.494 e. The monoisotopic (exact) mass is 699 g/mol. The molecular formula is C35H45F3N7O3P. The quantitative estimate of drug-likeness (QED) is 0.278. The number of hydrogen-bond donors (Lipinski definition) is 2. The van der Waals surface area contributed by atoms with E-state index in [-0.39, 0.29) is 11.8 Å². The molecule has 49 heavy (non-hydrogen) atoms. The third-order valence-electron chi connectivity index (χ3n) is 10.3. The van der Waals surface area contributed by atoms with Crippen LogP contribution in [0.1, 0.15) is 24.0 Å². The molecule has 0 radical (unpaired) electrons. The number of rotatable bonds is 8. The molecule has 10 nitrogen and oxygen atoms in total. The number of nitrogens with zero attached hydrogens (tertiary/aromatic N) is 5. The molecule has 1 aromatic heterocycles. The van der Waals surface area contributed by atoms with E-state index in [2.05, 4.69) is 42.3 Å². The molecule has 264 valence electrons. The van der Waals surface area contributed by atoms with Crippen LogP contribution in [-0.4, -0.2) is 106 Å². The van der Waals surface area contributed by atoms with E-state index in [0.29, 0.717) is 47.9 Å². The second-order valence-electron chi connectivity index (χ2n) is 13.8. The number of piperidine rings is 1. The first-order valence-electron chi connectivity index (χ1n) is 16.9. The van der Waals surface area contributed by atoms with Crippen molar-refractivity contribution in [2.75, 3.05) is 95.5 Å². The Morgan fingerprint density at radius 1 is 0.959 bits per heavy atom. The summed E-state index contributed by atoms with van der Waals surface area (Å²) in [4.78, 5) is 16.0. The number of benzene rings is 2. The molecule has 3 fully saturated rings. The normalized spacial score (nSPS) is 21.7. The zero-order chi connectivity index (χ0) is 34.4. The topological polar surface area (TPSA) is 87.3 Å². The van der Waals surface area contributed by atoms with Crippen molar-refractivity contribution in [3.63, 3.8) is 0 Å². The number of aryl methyl sites for hydroxylation is 1. The second kappa shape index (κ2) is 13.6. The molecule has 2 atom stereocenters. The average molecular weight is 700 g/mol. The highest BCUT2D eigenvalue weighted by atomic mass is 31.1. The van der Waals surface area contributed by atoms with Gasteiger partial charge in [0.1, 0.15) is 30.3 Å². The fraction of sp³-hybridized carbons (Fsp3) is 0.543. The van der Waals surface area contributed by atoms with E-state index in [0.717, 1.165) is 60.5 Å². The highest BCUT2D eigenvalue weighted by Crippen LogP contribution is 2.43. The van der Waals surface area contributed by atoms with Crippen molar-refractivity contribution in [2.24, 2.45) is 11.8 Å². The van der Waals surface area contributed by atoms with E-state index in [9.17, 15) is 13.2 Å². The molecule has 0 spiro atoms. The Hall–Kier alpha value is -3.54. The van der Waals surface area contributed by atoms with E-state index >= 15 is 0 Å². The van der Waals surface area contributed by atoms with Crippen LogP contribution in [0.25, 0.3) is 0 Å². The Bertz CT molecular complexity index is 1670. The molecule has 14 heteroatoms. The Kier molecular flexibility index (Phi) is 9.45. The number of likely N-dealkylation sites (tertiary alicyclic amines) is 2. The van der Waals surface area contributed by atoms with E-state index in [1.165, 1.54) is 26.2 Å². The van der Waals surface area contributed by atoms with Gasteiger partial charge in [-0.05, 0) is 75.7 Å². The molecule has 3 aromatic rings. The van der Waals surface area contributed by atoms with Crippen LogP contribution in [0.5, 0.6) is 17.2 Å². The van der Waals surface area contributed by atoms with E-state index in [1.807, 2.05) is 32.4 Å². The summed E-state index contributed by atoms with van der Waals surface area (Å²) in [6, 6.07) is 8.00. The van der Waals surface area contributed by atoms with Gasteiger partial charge in [-0.2, -0.15) is 18.2 Å². The molecule has 2 aromatic carbocycles. The van der Waals surface area contributed by atoms with Crippen LogP contribution in [0.2, 0.25) is 0 Å². The third-order valence-corrected chi connectivity index (χ3v) is 11.6. The lowest BCUT2D eigenvalue weighted by atomic mass is 10.0. The smallest absolute Gasteiger partial charge is 0.421 e. The maximum atomic E-state index is 14.2. The fourth-order valence-electron chi connectivity index (χ4n) is 7.96. The molecule has 0 unspecified atom stereocenters. The third kappa shape index (κ3) is 6.94. The molecule has 0 bridgehead atoms. The molecule has 0 saturated carbocycles. The van der Waals surface area contributed by atoms with Crippen molar-refractivity contribution in [2.45, 2.75) is 32.0 Å². The van der Waals surface area contributed by atoms with E-state index < -0.39 is 19.7 Å². The summed E-state index contributed by atoms with van der Waals surface area (Å²) in [5.74, 6) is 2.98. The van der Waals surface area contributed by atoms with Gasteiger partial charge in [0.2, 0.25) is 5.95 Å². The zero-order valence-corrected chi connectivity index (χ0v) is 29.6. The number of halogens is 3. The number of methoxy groups -OCH3 is 1. The van der Waals surface area contributed by atoms with Gasteiger partial charge in [0.15, 0.2) is 11.5 Å². The minimum absolute atomic E-state index is 0.0118. The molecule has 2 N–H and O–H groups in total. The van der Waals surface area contributed by atoms with Crippen molar-refractivity contribution >= 4 is 42.1 Å². The van der Waals surface area contributed by atoms with E-state index in [1.54, 1.807) is 19.2 Å². The summed E-state index contributed by atoms with van der Waals surface area (Å²) in [5, 5.41) is 6.87. The first-order valence-corrected chi connectivity index (χ1v) is 19.2. The van der Waals surface area contributed by atoms with Gasteiger partial charge in [0.25, 0.3) is 0 Å². The van der Waals surface area contributed by atoms with Gasteiger partial charge in [0, 0.05) is 68.6 Å². The van der Waals surface area contributed by atoms with Crippen LogP contribution in [0, 0.1) is 18.8 Å². The van der Waals surface area contributed by atoms with Gasteiger partial charge in [-0.3, -0.25) is 4.90 Å². The number of aromatic nitrogens is 2. The van der Waals surface area contributed by atoms with Gasteiger partial charge < -0.3 is 34.6 Å². The predicted octanol–water partition coefficient (Wildman–Crippen LogP) is 5.90. The van der Waals surface area contributed by atoms with Crippen molar-refractivity contribution < 1.29 is 27.4 Å². The SMILES string of the molecule is COc1cc(N2CCC(N3C[C@H]4CN(C)C[C@H]4C3)CC2)c(C)cc1Nc1ncc(C(F)(F)F)c(Nc2ccc3c(c2P(C)C)OCCO3)n1. The van der Waals surface area contributed by atoms with Crippen LogP contribution in [0.4, 0.5) is 42.0 Å². The minimum atomic E-state index is -4.67. The molecule has 0 amide bonds. The molecular weight excluding hydrogens is 654 g/mol. The number of anilines is 5. The van der Waals surface area contributed by atoms with Gasteiger partial charge in [-0.25, -0.2) is 4.98 Å².